The molecule has 0 amide bonds. The lowest BCUT2D eigenvalue weighted by molar-refractivity contribution is 0.0686. The van der Waals surface area contributed by atoms with E-state index in [-0.39, 0.29) is 17.0 Å². The Morgan fingerprint density at radius 3 is 1.75 bits per heavy atom. The highest BCUT2D eigenvalue weighted by Gasteiger charge is 2.09. The monoisotopic (exact) mass is 324 g/mol. The van der Waals surface area contributed by atoms with E-state index in [9.17, 15) is 9.59 Å². The number of aromatic carboxylic acids is 2. The normalized spacial score (nSPS) is 11.7. The predicted molar refractivity (Wildman–Crippen MR) is 92.5 cm³/mol. The predicted octanol–water partition coefficient (Wildman–Crippen LogP) is 4.06. The molecule has 0 fully saturated rings. The van der Waals surface area contributed by atoms with Crippen molar-refractivity contribution < 1.29 is 19.8 Å². The Morgan fingerprint density at radius 1 is 0.875 bits per heavy atom. The van der Waals surface area contributed by atoms with Crippen LogP contribution in [0, 0.1) is 5.92 Å². The Balaban J connectivity index is 1.93. The molecule has 0 saturated carbocycles. The smallest absolute Gasteiger partial charge is 0.335 e. The van der Waals surface area contributed by atoms with Crippen LogP contribution in [0.4, 0.5) is 0 Å². The van der Waals surface area contributed by atoms with Crippen LogP contribution in [0.5, 0.6) is 0 Å². The van der Waals surface area contributed by atoms with Gasteiger partial charge in [-0.2, -0.15) is 0 Å². The third-order valence-corrected chi connectivity index (χ3v) is 4.04. The van der Waals surface area contributed by atoms with Gasteiger partial charge in [0, 0.05) is 0 Å². The van der Waals surface area contributed by atoms with Crippen LogP contribution >= 0.6 is 0 Å². The number of carboxylic acids is 2. The first-order valence-corrected chi connectivity index (χ1v) is 7.76. The Kier molecular flexibility index (Phi) is 5.90. The second-order valence-corrected chi connectivity index (χ2v) is 5.74. The highest BCUT2D eigenvalue weighted by Crippen LogP contribution is 2.18. The van der Waals surface area contributed by atoms with Gasteiger partial charge >= 0.3 is 11.9 Å². The Bertz CT molecular complexity index is 714. The van der Waals surface area contributed by atoms with E-state index < -0.39 is 11.9 Å². The van der Waals surface area contributed by atoms with E-state index in [4.69, 9.17) is 10.2 Å². The SMILES string of the molecule is C=CC(CCc1ccc(C(=O)O)cc1)Cc1ccc(C(=O)O)cc1. The zero-order valence-corrected chi connectivity index (χ0v) is 13.3. The number of rotatable bonds is 8. The molecule has 2 aromatic rings. The molecule has 0 aromatic heterocycles. The molecule has 24 heavy (non-hydrogen) atoms. The Labute approximate surface area is 141 Å². The largest absolute Gasteiger partial charge is 0.478 e. The van der Waals surface area contributed by atoms with Gasteiger partial charge in [0.2, 0.25) is 0 Å². The average Bonchev–Trinajstić information content (AvgIpc) is 2.59. The van der Waals surface area contributed by atoms with E-state index in [0.29, 0.717) is 0 Å². The van der Waals surface area contributed by atoms with Gasteiger partial charge in [-0.25, -0.2) is 9.59 Å². The van der Waals surface area contributed by atoms with Gasteiger partial charge < -0.3 is 10.2 Å². The summed E-state index contributed by atoms with van der Waals surface area (Å²) >= 11 is 0. The third kappa shape index (κ3) is 4.81. The van der Waals surface area contributed by atoms with Crippen molar-refractivity contribution in [1.82, 2.24) is 0 Å². The number of hydrogen-bond donors (Lipinski definition) is 2. The lowest BCUT2D eigenvalue weighted by Gasteiger charge is -2.13. The van der Waals surface area contributed by atoms with Crippen molar-refractivity contribution in [3.63, 3.8) is 0 Å². The summed E-state index contributed by atoms with van der Waals surface area (Å²) < 4.78 is 0. The first-order chi connectivity index (χ1) is 11.5. The molecule has 2 rings (SSSR count). The molecule has 0 aliphatic heterocycles. The van der Waals surface area contributed by atoms with Gasteiger partial charge in [0.25, 0.3) is 0 Å². The second kappa shape index (κ2) is 8.11. The lowest BCUT2D eigenvalue weighted by Crippen LogP contribution is -2.04. The number of carboxylic acid groups (broad SMARTS) is 2. The van der Waals surface area contributed by atoms with Crippen LogP contribution in [0.25, 0.3) is 0 Å². The fourth-order valence-electron chi connectivity index (χ4n) is 2.56. The van der Waals surface area contributed by atoms with Gasteiger partial charge in [-0.05, 0) is 60.6 Å². The minimum atomic E-state index is -0.924. The number of allylic oxidation sites excluding steroid dienone is 1. The fraction of sp³-hybridized carbons (Fsp3) is 0.200. The summed E-state index contributed by atoms with van der Waals surface area (Å²) in [5.74, 6) is -1.57. The zero-order valence-electron chi connectivity index (χ0n) is 13.3. The van der Waals surface area contributed by atoms with E-state index in [1.807, 2.05) is 30.3 Å². The molecule has 2 aromatic carbocycles. The summed E-state index contributed by atoms with van der Waals surface area (Å²) in [4.78, 5) is 21.7. The lowest BCUT2D eigenvalue weighted by atomic mass is 9.92. The van der Waals surface area contributed by atoms with E-state index in [2.05, 4.69) is 6.58 Å². The maximum absolute atomic E-state index is 10.9. The van der Waals surface area contributed by atoms with E-state index >= 15 is 0 Å². The summed E-state index contributed by atoms with van der Waals surface area (Å²) in [7, 11) is 0. The van der Waals surface area contributed by atoms with E-state index in [1.54, 1.807) is 24.3 Å². The number of benzene rings is 2. The van der Waals surface area contributed by atoms with Gasteiger partial charge in [0.1, 0.15) is 0 Å². The first kappa shape index (κ1) is 17.5. The highest BCUT2D eigenvalue weighted by molar-refractivity contribution is 5.87. The maximum Gasteiger partial charge on any atom is 0.335 e. The quantitative estimate of drug-likeness (QED) is 0.718. The maximum atomic E-state index is 10.9. The molecular weight excluding hydrogens is 304 g/mol. The molecule has 0 aliphatic rings. The van der Waals surface area contributed by atoms with Crippen LogP contribution in [0.3, 0.4) is 0 Å². The molecule has 4 heteroatoms. The van der Waals surface area contributed by atoms with Crippen LogP contribution in [-0.2, 0) is 12.8 Å². The van der Waals surface area contributed by atoms with Crippen LogP contribution < -0.4 is 0 Å². The molecular formula is C20H20O4. The molecule has 4 nitrogen and oxygen atoms in total. The summed E-state index contributed by atoms with van der Waals surface area (Å²) in [6.45, 7) is 3.88. The fourth-order valence-corrected chi connectivity index (χ4v) is 2.56. The van der Waals surface area contributed by atoms with Crippen molar-refractivity contribution in [1.29, 1.82) is 0 Å². The number of hydrogen-bond acceptors (Lipinski definition) is 2. The molecule has 0 heterocycles. The highest BCUT2D eigenvalue weighted by atomic mass is 16.4. The molecule has 0 bridgehead atoms. The van der Waals surface area contributed by atoms with Gasteiger partial charge in [0.05, 0.1) is 11.1 Å². The molecule has 2 N–H and O–H groups in total. The van der Waals surface area contributed by atoms with E-state index in [1.165, 1.54) is 0 Å². The summed E-state index contributed by atoms with van der Waals surface area (Å²) in [6.07, 6.45) is 4.45. The van der Waals surface area contributed by atoms with Crippen molar-refractivity contribution in [2.75, 3.05) is 0 Å². The second-order valence-electron chi connectivity index (χ2n) is 5.74. The first-order valence-electron chi connectivity index (χ1n) is 7.76. The molecule has 0 aliphatic carbocycles. The Morgan fingerprint density at radius 2 is 1.33 bits per heavy atom. The minimum Gasteiger partial charge on any atom is -0.478 e. The van der Waals surface area contributed by atoms with Crippen LogP contribution in [0.15, 0.2) is 61.2 Å². The molecule has 124 valence electrons. The van der Waals surface area contributed by atoms with Crippen molar-refractivity contribution >= 4 is 11.9 Å². The van der Waals surface area contributed by atoms with Crippen LogP contribution in [0.1, 0.15) is 38.3 Å². The standard InChI is InChI=1S/C20H20O4/c1-2-14(13-16-7-11-18(12-8-16)20(23)24)3-4-15-5-9-17(10-6-15)19(21)22/h2,5-12,14H,1,3-4,13H2,(H,21,22)(H,23,24). The Hall–Kier alpha value is -2.88. The topological polar surface area (TPSA) is 74.6 Å². The van der Waals surface area contributed by atoms with Crippen molar-refractivity contribution in [3.8, 4) is 0 Å². The van der Waals surface area contributed by atoms with Gasteiger partial charge in [-0.3, -0.25) is 0 Å². The molecule has 0 saturated heterocycles. The molecule has 0 radical (unpaired) electrons. The molecule has 0 spiro atoms. The summed E-state index contributed by atoms with van der Waals surface area (Å²) in [6, 6.07) is 13.8. The van der Waals surface area contributed by atoms with Gasteiger partial charge in [0.15, 0.2) is 0 Å². The van der Waals surface area contributed by atoms with Crippen LogP contribution in [0.2, 0.25) is 0 Å². The summed E-state index contributed by atoms with van der Waals surface area (Å²) in [5.41, 5.74) is 2.74. The van der Waals surface area contributed by atoms with Gasteiger partial charge in [-0.15, -0.1) is 6.58 Å². The summed E-state index contributed by atoms with van der Waals surface area (Å²) in [5, 5.41) is 17.8. The number of aryl methyl sites for hydroxylation is 1. The average molecular weight is 324 g/mol. The molecule has 1 atom stereocenters. The molecule has 1 unspecified atom stereocenters. The minimum absolute atomic E-state index is 0.278. The van der Waals surface area contributed by atoms with Gasteiger partial charge in [-0.1, -0.05) is 30.3 Å². The van der Waals surface area contributed by atoms with Crippen molar-refractivity contribution in [2.45, 2.75) is 19.3 Å². The van der Waals surface area contributed by atoms with E-state index in [0.717, 1.165) is 30.4 Å². The van der Waals surface area contributed by atoms with Crippen molar-refractivity contribution in [3.05, 3.63) is 83.4 Å². The zero-order chi connectivity index (χ0) is 17.5. The van der Waals surface area contributed by atoms with Crippen LogP contribution in [-0.4, -0.2) is 22.2 Å². The third-order valence-electron chi connectivity index (χ3n) is 4.04. The van der Waals surface area contributed by atoms with Crippen molar-refractivity contribution in [2.24, 2.45) is 5.92 Å². The number of carbonyl (C=O) groups is 2.